The Labute approximate surface area is 233 Å². The van der Waals surface area contributed by atoms with Gasteiger partial charge in [-0.05, 0) is 37.1 Å². The number of benzene rings is 1. The number of imidazole rings is 1. The molecule has 1 unspecified atom stereocenters. The Morgan fingerprint density at radius 1 is 1.15 bits per heavy atom. The van der Waals surface area contributed by atoms with Gasteiger partial charge in [0.25, 0.3) is 5.91 Å². The number of nitrogen functional groups attached to an aromatic ring is 1. The van der Waals surface area contributed by atoms with Crippen LogP contribution in [0.1, 0.15) is 46.9 Å². The van der Waals surface area contributed by atoms with Crippen LogP contribution in [-0.4, -0.2) is 62.9 Å². The van der Waals surface area contributed by atoms with Gasteiger partial charge in [0.1, 0.15) is 28.7 Å². The number of rotatable bonds is 7. The van der Waals surface area contributed by atoms with Crippen molar-refractivity contribution in [2.24, 2.45) is 0 Å². The van der Waals surface area contributed by atoms with E-state index in [9.17, 15) is 22.8 Å². The minimum absolute atomic E-state index is 0.0247. The summed E-state index contributed by atoms with van der Waals surface area (Å²) in [5, 5.41) is 2.40. The second-order valence-corrected chi connectivity index (χ2v) is 9.73. The maximum Gasteiger partial charge on any atom is 0.416 e. The Hall–Kier alpha value is -4.52. The van der Waals surface area contributed by atoms with Gasteiger partial charge in [-0.2, -0.15) is 13.2 Å². The number of fused-ring (bicyclic) bond motifs is 1. The number of carbonyl (C=O) groups excluding carboxylic acids is 2. The molecule has 1 aromatic carbocycles. The molecule has 214 valence electrons. The number of pyridine rings is 1. The van der Waals surface area contributed by atoms with Gasteiger partial charge in [0.2, 0.25) is 5.91 Å². The van der Waals surface area contributed by atoms with E-state index in [1.807, 2.05) is 9.30 Å². The van der Waals surface area contributed by atoms with Crippen molar-refractivity contribution < 1.29 is 27.5 Å². The fourth-order valence-electron chi connectivity index (χ4n) is 4.98. The van der Waals surface area contributed by atoms with Crippen molar-refractivity contribution in [2.75, 3.05) is 37.9 Å². The molecule has 4 heterocycles. The van der Waals surface area contributed by atoms with Gasteiger partial charge < -0.3 is 20.7 Å². The normalized spacial score (nSPS) is 15.7. The van der Waals surface area contributed by atoms with E-state index in [1.165, 1.54) is 0 Å². The number of piperidine rings is 1. The summed E-state index contributed by atoms with van der Waals surface area (Å²) in [5.74, 6) is 0.227. The van der Waals surface area contributed by atoms with Crippen molar-refractivity contribution >= 4 is 29.0 Å². The van der Waals surface area contributed by atoms with Crippen molar-refractivity contribution in [1.29, 1.82) is 0 Å². The lowest BCUT2D eigenvalue weighted by Crippen LogP contribution is -2.39. The van der Waals surface area contributed by atoms with Gasteiger partial charge >= 0.3 is 6.18 Å². The molecule has 0 aliphatic carbocycles. The lowest BCUT2D eigenvalue weighted by molar-refractivity contribution is -0.137. The van der Waals surface area contributed by atoms with Gasteiger partial charge in [-0.15, -0.1) is 0 Å². The Kier molecular flexibility index (Phi) is 7.88. The van der Waals surface area contributed by atoms with Crippen molar-refractivity contribution in [1.82, 2.24) is 24.3 Å². The van der Waals surface area contributed by atoms with E-state index in [2.05, 4.69) is 15.3 Å². The summed E-state index contributed by atoms with van der Waals surface area (Å²) in [6.07, 6.45) is 1.81. The maximum atomic E-state index is 13.0. The maximum absolute atomic E-state index is 13.0. The number of hydrogen-bond acceptors (Lipinski definition) is 7. The standard InChI is InChI=1S/C28H28F3N7O3/c1-41-14-9-22(39)37-12-2-3-19(16-37)26-36-23(24-25(32)34-11-13-38(24)26)17-4-6-18(7-5-17)27(40)35-21-15-20(8-10-33-21)28(29,30)31/h4-8,10-11,13,15,19H,2-3,9,12,14,16H2,1H3,(H2,32,34)(H,33,35,40). The summed E-state index contributed by atoms with van der Waals surface area (Å²) >= 11 is 0. The van der Waals surface area contributed by atoms with E-state index in [0.29, 0.717) is 42.9 Å². The van der Waals surface area contributed by atoms with Crippen LogP contribution in [0.4, 0.5) is 24.8 Å². The first-order chi connectivity index (χ1) is 19.7. The van der Waals surface area contributed by atoms with Gasteiger partial charge in [0.05, 0.1) is 18.6 Å². The van der Waals surface area contributed by atoms with Gasteiger partial charge in [-0.1, -0.05) is 12.1 Å². The predicted octanol–water partition coefficient (Wildman–Crippen LogP) is 4.39. The van der Waals surface area contributed by atoms with Crippen molar-refractivity contribution in [2.45, 2.75) is 31.4 Å². The van der Waals surface area contributed by atoms with Crippen LogP contribution in [0.3, 0.4) is 0 Å². The summed E-state index contributed by atoms with van der Waals surface area (Å²) in [6.45, 7) is 1.56. The topological polar surface area (TPSA) is 128 Å². The Morgan fingerprint density at radius 2 is 1.93 bits per heavy atom. The van der Waals surface area contributed by atoms with Crippen LogP contribution >= 0.6 is 0 Å². The number of methoxy groups -OCH3 is 1. The number of likely N-dealkylation sites (tertiary alicyclic amines) is 1. The molecule has 1 aliphatic heterocycles. The van der Waals surface area contributed by atoms with Gasteiger partial charge in [-0.25, -0.2) is 15.0 Å². The predicted molar refractivity (Wildman–Crippen MR) is 145 cm³/mol. The quantitative estimate of drug-likeness (QED) is 0.339. The number of anilines is 2. The van der Waals surface area contributed by atoms with Gasteiger partial charge in [0, 0.05) is 55.8 Å². The highest BCUT2D eigenvalue weighted by molar-refractivity contribution is 6.04. The molecule has 1 saturated heterocycles. The molecule has 0 radical (unpaired) electrons. The van der Waals surface area contributed by atoms with E-state index in [-0.39, 0.29) is 29.0 Å². The zero-order valence-electron chi connectivity index (χ0n) is 22.2. The third kappa shape index (κ3) is 5.99. The monoisotopic (exact) mass is 567 g/mol. The number of ether oxygens (including phenoxy) is 1. The second-order valence-electron chi connectivity index (χ2n) is 9.73. The molecule has 1 atom stereocenters. The van der Waals surface area contributed by atoms with Crippen LogP contribution in [0.25, 0.3) is 16.8 Å². The van der Waals surface area contributed by atoms with E-state index in [1.54, 1.807) is 43.8 Å². The first kappa shape index (κ1) is 28.0. The fourth-order valence-corrected chi connectivity index (χ4v) is 4.98. The number of nitrogens with one attached hydrogen (secondary N) is 1. The van der Waals surface area contributed by atoms with Crippen LogP contribution in [0.5, 0.6) is 0 Å². The number of amides is 2. The van der Waals surface area contributed by atoms with Gasteiger partial charge in [-0.3, -0.25) is 14.0 Å². The number of hydrogen-bond donors (Lipinski definition) is 2. The zero-order chi connectivity index (χ0) is 29.1. The summed E-state index contributed by atoms with van der Waals surface area (Å²) < 4.78 is 46.0. The zero-order valence-corrected chi connectivity index (χ0v) is 22.2. The van der Waals surface area contributed by atoms with Crippen LogP contribution < -0.4 is 11.1 Å². The first-order valence-corrected chi connectivity index (χ1v) is 13.0. The van der Waals surface area contributed by atoms with Crippen LogP contribution in [0.2, 0.25) is 0 Å². The molecular formula is C28H28F3N7O3. The molecular weight excluding hydrogens is 539 g/mol. The Bertz CT molecular complexity index is 1570. The van der Waals surface area contributed by atoms with Crippen LogP contribution in [0, 0.1) is 0 Å². The van der Waals surface area contributed by atoms with E-state index in [0.717, 1.165) is 37.0 Å². The number of carbonyl (C=O) groups is 2. The Morgan fingerprint density at radius 3 is 2.66 bits per heavy atom. The minimum Gasteiger partial charge on any atom is -0.384 e. The van der Waals surface area contributed by atoms with E-state index in [4.69, 9.17) is 15.5 Å². The summed E-state index contributed by atoms with van der Waals surface area (Å²) in [5.41, 5.74) is 7.43. The fraction of sp³-hybridized carbons (Fsp3) is 0.321. The summed E-state index contributed by atoms with van der Waals surface area (Å²) in [4.78, 5) is 40.2. The minimum atomic E-state index is -4.55. The SMILES string of the molecule is COCCC(=O)N1CCCC(c2nc(-c3ccc(C(=O)Nc4cc(C(F)(F)F)ccn4)cc3)c3c(N)nccn23)C1. The number of halogens is 3. The third-order valence-electron chi connectivity index (χ3n) is 7.02. The molecule has 3 N–H and O–H groups in total. The highest BCUT2D eigenvalue weighted by Gasteiger charge is 2.31. The molecule has 0 spiro atoms. The molecule has 10 nitrogen and oxygen atoms in total. The lowest BCUT2D eigenvalue weighted by atomic mass is 9.97. The molecule has 41 heavy (non-hydrogen) atoms. The molecule has 0 bridgehead atoms. The molecule has 4 aromatic rings. The van der Waals surface area contributed by atoms with E-state index >= 15 is 0 Å². The van der Waals surface area contributed by atoms with Crippen molar-refractivity contribution in [3.63, 3.8) is 0 Å². The third-order valence-corrected chi connectivity index (χ3v) is 7.02. The van der Waals surface area contributed by atoms with Crippen LogP contribution in [-0.2, 0) is 15.7 Å². The molecule has 13 heteroatoms. The number of nitrogens with two attached hydrogens (primary N) is 1. The molecule has 1 aliphatic rings. The highest BCUT2D eigenvalue weighted by atomic mass is 19.4. The molecule has 1 fully saturated rings. The lowest BCUT2D eigenvalue weighted by Gasteiger charge is -2.32. The number of nitrogens with zero attached hydrogens (tertiary/aromatic N) is 5. The average Bonchev–Trinajstić information content (AvgIpc) is 3.37. The molecule has 3 aromatic heterocycles. The largest absolute Gasteiger partial charge is 0.416 e. The van der Waals surface area contributed by atoms with Crippen LogP contribution in [0.15, 0.2) is 55.0 Å². The average molecular weight is 568 g/mol. The van der Waals surface area contributed by atoms with E-state index < -0.39 is 17.6 Å². The smallest absolute Gasteiger partial charge is 0.384 e. The van der Waals surface area contributed by atoms with Crippen molar-refractivity contribution in [3.8, 4) is 11.3 Å². The Balaban J connectivity index is 1.40. The molecule has 2 amide bonds. The first-order valence-electron chi connectivity index (χ1n) is 13.0. The second kappa shape index (κ2) is 11.5. The summed E-state index contributed by atoms with van der Waals surface area (Å²) in [6, 6.07) is 8.08. The number of aromatic nitrogens is 4. The summed E-state index contributed by atoms with van der Waals surface area (Å²) in [7, 11) is 1.56. The van der Waals surface area contributed by atoms with Gasteiger partial charge in [0.15, 0.2) is 0 Å². The number of alkyl halides is 3. The molecule has 5 rings (SSSR count). The molecule has 0 saturated carbocycles. The highest BCUT2D eigenvalue weighted by Crippen LogP contribution is 2.34. The van der Waals surface area contributed by atoms with Crippen molar-refractivity contribution in [3.05, 3.63) is 71.9 Å².